The normalized spacial score (nSPS) is 10.2. The van der Waals surface area contributed by atoms with Gasteiger partial charge in [-0.15, -0.1) is 0 Å². The molecule has 0 saturated heterocycles. The van der Waals surface area contributed by atoms with Crippen molar-refractivity contribution in [1.29, 1.82) is 0 Å². The molecule has 0 fully saturated rings. The molecule has 0 aromatic heterocycles. The molecule has 0 unspecified atom stereocenters. The predicted molar refractivity (Wildman–Crippen MR) is 187 cm³/mol. The fourth-order valence-corrected chi connectivity index (χ4v) is 9.26. The van der Waals surface area contributed by atoms with Gasteiger partial charge in [-0.2, -0.15) is 0 Å². The van der Waals surface area contributed by atoms with E-state index in [1.54, 1.807) is 0 Å². The first-order valence-corrected chi connectivity index (χ1v) is 18.4. The summed E-state index contributed by atoms with van der Waals surface area (Å²) >= 11 is 3.60. The summed E-state index contributed by atoms with van der Waals surface area (Å²) in [5.41, 5.74) is 0. The van der Waals surface area contributed by atoms with Crippen LogP contribution in [0.3, 0.4) is 0 Å². The largest absolute Gasteiger partial charge is 0.0622 e. The van der Waals surface area contributed by atoms with E-state index >= 15 is 0 Å². The molecule has 220 valence electrons. The zero-order valence-electron chi connectivity index (χ0n) is 23.7. The van der Waals surface area contributed by atoms with Crippen LogP contribution in [0.1, 0.15) is 0 Å². The Morgan fingerprint density at radius 2 is 0.591 bits per heavy atom. The fourth-order valence-electron chi connectivity index (χ4n) is 4.38. The fraction of sp³-hybridized carbons (Fsp3) is 0. The van der Waals surface area contributed by atoms with Crippen LogP contribution in [0.4, 0.5) is 4.79 Å². The van der Waals surface area contributed by atoms with Crippen molar-refractivity contribution in [2.24, 2.45) is 3.92 Å². The summed E-state index contributed by atoms with van der Waals surface area (Å²) in [4.78, 5) is 18.7. The molecule has 7 heteroatoms. The van der Waals surface area contributed by atoms with Crippen LogP contribution in [0, 0.1) is 4.91 Å². The number of benzene rings is 6. The van der Waals surface area contributed by atoms with Crippen molar-refractivity contribution in [3.8, 4) is 0 Å². The first kappa shape index (κ1) is 33.3. The second kappa shape index (κ2) is 18.9. The summed E-state index contributed by atoms with van der Waals surface area (Å²) in [6, 6.07) is 64.7. The number of carbonyl (C=O) groups is 1. The molecule has 0 radical (unpaired) electrons. The molecule has 0 saturated carbocycles. The number of nitrogens with zero attached hydrogens (tertiary/aromatic N) is 1. The van der Waals surface area contributed by atoms with Crippen LogP contribution >= 0.6 is 27.4 Å². The molecule has 0 N–H and O–H groups in total. The molecule has 0 aliphatic heterocycles. The van der Waals surface area contributed by atoms with E-state index in [0.29, 0.717) is 0 Å². The number of nitroso groups, excluding NO2 is 1. The van der Waals surface area contributed by atoms with Crippen LogP contribution < -0.4 is 31.8 Å². The van der Waals surface area contributed by atoms with Gasteiger partial charge in [-0.05, 0) is 47.7 Å². The van der Waals surface area contributed by atoms with E-state index < -0.39 is 37.0 Å². The molecule has 0 atom stereocenters. The van der Waals surface area contributed by atoms with Gasteiger partial charge in [0.1, 0.15) is 0 Å². The molecule has 0 heterocycles. The first-order chi connectivity index (χ1) is 21.7. The van der Waals surface area contributed by atoms with Crippen LogP contribution in [0.25, 0.3) is 0 Å². The zero-order chi connectivity index (χ0) is 30.8. The van der Waals surface area contributed by atoms with Crippen LogP contribution in [-0.4, -0.2) is 3.84 Å². The van der Waals surface area contributed by atoms with Crippen LogP contribution in [0.2, 0.25) is 0 Å². The Labute approximate surface area is 274 Å². The number of hydrogen-bond donors (Lipinski definition) is 0. The minimum absolute atomic E-state index is 0.446. The van der Waals surface area contributed by atoms with Gasteiger partial charge >= 0.3 is 46.4 Å². The summed E-state index contributed by atoms with van der Waals surface area (Å²) < 4.78 is 1.67. The van der Waals surface area contributed by atoms with Gasteiger partial charge in [-0.25, -0.2) is 0 Å². The average molecular weight is 719 g/mol. The summed E-state index contributed by atoms with van der Waals surface area (Å²) in [6.45, 7) is 0. The smallest absolute Gasteiger partial charge is 0.0134 e. The Kier molecular flexibility index (Phi) is 14.3. The van der Waals surface area contributed by atoms with E-state index in [4.69, 9.17) is 4.91 Å². The molecule has 0 aliphatic carbocycles. The molecule has 6 rings (SSSR count). The minimum atomic E-state index is -1.09. The maximum absolute atomic E-state index is 9.56. The molecular weight excluding hydrogens is 689 g/mol. The topological polar surface area (TPSA) is 46.5 Å². The molecular formula is C37H30ClNO2P2Ru. The Bertz CT molecular complexity index is 1360. The summed E-state index contributed by atoms with van der Waals surface area (Å²) in [6.07, 6.45) is 0. The van der Waals surface area contributed by atoms with Gasteiger partial charge in [0.05, 0.1) is 0 Å². The number of halogens is 1. The third kappa shape index (κ3) is 10.5. The van der Waals surface area contributed by atoms with E-state index in [9.17, 15) is 4.79 Å². The number of carbonyl (C=O) groups excluding carboxylic acids is 1. The molecule has 3 nitrogen and oxygen atoms in total. The quantitative estimate of drug-likeness (QED) is 0.0694. The molecule has 0 amide bonds. The number of hydrogen-bond acceptors (Lipinski definition) is 3. The van der Waals surface area contributed by atoms with Crippen molar-refractivity contribution < 1.29 is 22.2 Å². The van der Waals surface area contributed by atoms with E-state index in [2.05, 4.69) is 198 Å². The van der Waals surface area contributed by atoms with E-state index in [-0.39, 0.29) is 0 Å². The Hall–Kier alpha value is -3.64. The standard InChI is InChI=1S/2C18H15P.CClO.NO.Ru/c2*1-4-10-16(11-5-1)19(17-12-6-2-7-13-17)18-14-8-3-9-15-18;2-1-3;1-2;/h2*1-15H;;;/q;;;-1;+1. The molecule has 6 aromatic rings. The van der Waals surface area contributed by atoms with E-state index in [0.717, 1.165) is 0 Å². The average Bonchev–Trinajstić information content (AvgIpc) is 3.09. The molecule has 0 spiro atoms. The van der Waals surface area contributed by atoms with Crippen LogP contribution in [-0.2, 0) is 17.4 Å². The Morgan fingerprint density at radius 3 is 0.705 bits per heavy atom. The maximum atomic E-state index is 9.56. The van der Waals surface area contributed by atoms with Crippen molar-refractivity contribution >= 4 is 63.1 Å². The monoisotopic (exact) mass is 719 g/mol. The van der Waals surface area contributed by atoms with Gasteiger partial charge in [-0.1, -0.05) is 182 Å². The summed E-state index contributed by atoms with van der Waals surface area (Å²) in [7, 11) is -0.892. The first-order valence-electron chi connectivity index (χ1n) is 13.7. The predicted octanol–water partition coefficient (Wildman–Crippen LogP) is 8.00. The maximum Gasteiger partial charge on any atom is -0.0134 e. The van der Waals surface area contributed by atoms with Crippen molar-refractivity contribution in [2.75, 3.05) is 0 Å². The molecule has 0 aliphatic rings. The van der Waals surface area contributed by atoms with Crippen molar-refractivity contribution in [3.63, 3.8) is 0 Å². The molecule has 6 aromatic carbocycles. The van der Waals surface area contributed by atoms with Crippen molar-refractivity contribution in [1.82, 2.24) is 0 Å². The summed E-state index contributed by atoms with van der Waals surface area (Å²) in [5, 5.41) is 8.39. The second-order valence-corrected chi connectivity index (χ2v) is 15.8. The second-order valence-electron chi connectivity index (χ2n) is 9.04. The molecule has 0 bridgehead atoms. The minimum Gasteiger partial charge on any atom is -0.0622 e. The van der Waals surface area contributed by atoms with Crippen molar-refractivity contribution in [3.05, 3.63) is 187 Å². The summed E-state index contributed by atoms with van der Waals surface area (Å²) in [5.74, 6) is 0. The van der Waals surface area contributed by atoms with E-state index in [1.807, 2.05) is 0 Å². The van der Waals surface area contributed by atoms with E-state index in [1.165, 1.54) is 31.8 Å². The Balaban J connectivity index is 0.000000170. The van der Waals surface area contributed by atoms with Crippen LogP contribution in [0.5, 0.6) is 0 Å². The van der Waals surface area contributed by atoms with Gasteiger partial charge in [0.15, 0.2) is 0 Å². The third-order valence-corrected chi connectivity index (χ3v) is 11.9. The molecule has 44 heavy (non-hydrogen) atoms. The zero-order valence-corrected chi connectivity index (χ0v) is 28.0. The number of rotatable bonds is 8. The van der Waals surface area contributed by atoms with Crippen LogP contribution in [0.15, 0.2) is 186 Å². The Morgan fingerprint density at radius 1 is 0.409 bits per heavy atom. The van der Waals surface area contributed by atoms with Gasteiger partial charge in [0, 0.05) is 0 Å². The van der Waals surface area contributed by atoms with Gasteiger partial charge < -0.3 is 0 Å². The third-order valence-electron chi connectivity index (χ3n) is 6.18. The van der Waals surface area contributed by atoms with Gasteiger partial charge in [-0.3, -0.25) is 0 Å². The van der Waals surface area contributed by atoms with Gasteiger partial charge in [0.2, 0.25) is 0 Å². The van der Waals surface area contributed by atoms with Crippen molar-refractivity contribution in [2.45, 2.75) is 0 Å². The van der Waals surface area contributed by atoms with Gasteiger partial charge in [0.25, 0.3) is 0 Å². The SMILES string of the molecule is O=[N][Ru][C](=O)Cl.c1ccc(P(c2ccccc2)c2ccccc2)cc1.c1ccc(P(c2ccccc2)c2ccccc2)cc1.